The van der Waals surface area contributed by atoms with Crippen molar-refractivity contribution in [1.29, 1.82) is 10.5 Å². The molecule has 4 saturated heterocycles. The highest BCUT2D eigenvalue weighted by molar-refractivity contribution is 5.96. The quantitative estimate of drug-likeness (QED) is 0.185. The van der Waals surface area contributed by atoms with Crippen LogP contribution in [0.5, 0.6) is 0 Å². The molecule has 6 aliphatic rings. The number of nitriles is 2. The summed E-state index contributed by atoms with van der Waals surface area (Å²) in [6, 6.07) is 26.1. The Morgan fingerprint density at radius 1 is 0.527 bits per heavy atom. The Kier molecular flexibility index (Phi) is 14.9. The first-order valence-corrected chi connectivity index (χ1v) is 26.9. The predicted molar refractivity (Wildman–Crippen MR) is 292 cm³/mol. The van der Waals surface area contributed by atoms with E-state index in [-0.39, 0.29) is 24.4 Å². The van der Waals surface area contributed by atoms with Crippen LogP contribution in [0.4, 0.5) is 23.0 Å². The number of hydrogen-bond acceptors (Lipinski definition) is 16. The molecular weight excluding hydrogens is 925 g/mol. The lowest BCUT2D eigenvalue weighted by Gasteiger charge is -2.42. The molecule has 0 spiro atoms. The lowest BCUT2D eigenvalue weighted by Crippen LogP contribution is -2.54. The Morgan fingerprint density at radius 2 is 0.959 bits per heavy atom. The van der Waals surface area contributed by atoms with E-state index in [1.54, 1.807) is 12.4 Å². The maximum absolute atomic E-state index is 9.52. The number of benzene rings is 2. The van der Waals surface area contributed by atoms with Crippen LogP contribution in [-0.4, -0.2) is 158 Å². The zero-order valence-electron chi connectivity index (χ0n) is 43.5. The van der Waals surface area contributed by atoms with Crippen LogP contribution in [0.25, 0.3) is 21.8 Å². The Morgan fingerprint density at radius 3 is 1.38 bits per heavy atom. The molecule has 4 aromatic heterocycles. The monoisotopic (exact) mass is 995 g/mol. The molecule has 0 saturated carbocycles. The Hall–Kier alpha value is -6.50. The smallest absolute Gasteiger partial charge is 0.128 e. The van der Waals surface area contributed by atoms with Crippen LogP contribution >= 0.6 is 0 Å². The van der Waals surface area contributed by atoms with Crippen LogP contribution in [0.1, 0.15) is 61.1 Å². The third-order valence-electron chi connectivity index (χ3n) is 15.9. The van der Waals surface area contributed by atoms with Crippen molar-refractivity contribution in [2.24, 2.45) is 0 Å². The number of morpholine rings is 2. The van der Waals surface area contributed by atoms with Crippen molar-refractivity contribution in [3.05, 3.63) is 119 Å². The van der Waals surface area contributed by atoms with Gasteiger partial charge in [0.2, 0.25) is 0 Å². The molecule has 16 nitrogen and oxygen atoms in total. The molecule has 74 heavy (non-hydrogen) atoms. The zero-order valence-corrected chi connectivity index (χ0v) is 43.5. The van der Waals surface area contributed by atoms with Crippen LogP contribution in [-0.2, 0) is 35.4 Å². The van der Waals surface area contributed by atoms with Gasteiger partial charge in [0.15, 0.2) is 0 Å². The van der Waals surface area contributed by atoms with Crippen LogP contribution in [0, 0.1) is 22.7 Å². The zero-order chi connectivity index (χ0) is 50.7. The minimum absolute atomic E-state index is 0.132. The second-order valence-corrected chi connectivity index (χ2v) is 21.4. The minimum atomic E-state index is 0.132. The fourth-order valence-corrected chi connectivity index (χ4v) is 12.1. The number of rotatable bonds is 8. The van der Waals surface area contributed by atoms with Crippen molar-refractivity contribution in [3.63, 3.8) is 0 Å². The number of nitrogens with one attached hydrogen (secondary N) is 2. The van der Waals surface area contributed by atoms with E-state index in [1.165, 1.54) is 22.3 Å². The van der Waals surface area contributed by atoms with Gasteiger partial charge in [-0.1, -0.05) is 0 Å². The van der Waals surface area contributed by atoms with E-state index in [0.29, 0.717) is 23.2 Å². The molecule has 0 amide bonds. The molecule has 16 heteroatoms. The number of nitrogens with zero attached hydrogens (tertiary/aromatic N) is 12. The van der Waals surface area contributed by atoms with Gasteiger partial charge in [0, 0.05) is 164 Å². The average molecular weight is 995 g/mol. The topological polar surface area (TPSA) is 161 Å². The summed E-state index contributed by atoms with van der Waals surface area (Å²) in [5.41, 5.74) is 10.6. The molecule has 12 rings (SSSR count). The Labute approximate surface area is 435 Å². The summed E-state index contributed by atoms with van der Waals surface area (Å²) in [5.74, 6) is 2.20. The molecular formula is C58H70N14O2. The van der Waals surface area contributed by atoms with Crippen LogP contribution < -0.4 is 30.2 Å². The standard InChI is InChI=1S/2C29H35N7O/c2*1-20-12-23-16-33-28(13-24(23)15-32-20)35-10-8-34(9-11-35)18-25-19-36(17-21(2)37-25)27-6-5-22(14-30)29-26(27)4-3-7-31-29/h2*3-7,13,16,20-21,25,32H,8-12,15,17-19H2,1-2H3/t20-,21+,25-;20-,21-,25+/m01/s1. The first-order chi connectivity index (χ1) is 36.1. The molecule has 0 bridgehead atoms. The number of piperazine rings is 2. The number of pyridine rings is 4. The summed E-state index contributed by atoms with van der Waals surface area (Å²) in [5, 5.41) is 28.2. The minimum Gasteiger partial charge on any atom is -0.370 e. The van der Waals surface area contributed by atoms with Crippen LogP contribution in [0.2, 0.25) is 0 Å². The largest absolute Gasteiger partial charge is 0.370 e. The van der Waals surface area contributed by atoms with Gasteiger partial charge in [0.05, 0.1) is 46.6 Å². The van der Waals surface area contributed by atoms with Crippen molar-refractivity contribution in [1.82, 2.24) is 40.4 Å². The van der Waals surface area contributed by atoms with E-state index in [0.717, 1.165) is 162 Å². The van der Waals surface area contributed by atoms with Gasteiger partial charge < -0.3 is 39.7 Å². The molecule has 0 radical (unpaired) electrons. The molecule has 2 aromatic carbocycles. The van der Waals surface area contributed by atoms with Crippen molar-refractivity contribution in [2.75, 3.05) is 111 Å². The summed E-state index contributed by atoms with van der Waals surface area (Å²) in [6.45, 7) is 23.7. The fourth-order valence-electron chi connectivity index (χ4n) is 12.1. The molecule has 6 atom stereocenters. The third-order valence-corrected chi connectivity index (χ3v) is 15.9. The number of aromatic nitrogens is 4. The second-order valence-electron chi connectivity index (χ2n) is 21.4. The van der Waals surface area contributed by atoms with Crippen molar-refractivity contribution >= 4 is 44.8 Å². The maximum Gasteiger partial charge on any atom is 0.128 e. The van der Waals surface area contributed by atoms with Gasteiger partial charge in [-0.05, 0) is 123 Å². The number of ether oxygens (including phenoxy) is 2. The van der Waals surface area contributed by atoms with Crippen LogP contribution in [0.15, 0.2) is 85.5 Å². The lowest BCUT2D eigenvalue weighted by atomic mass is 9.98. The predicted octanol–water partition coefficient (Wildman–Crippen LogP) is 5.90. The van der Waals surface area contributed by atoms with Crippen molar-refractivity contribution in [3.8, 4) is 12.1 Å². The first-order valence-electron chi connectivity index (χ1n) is 26.9. The molecule has 2 N–H and O–H groups in total. The van der Waals surface area contributed by atoms with Crippen molar-refractivity contribution < 1.29 is 9.47 Å². The van der Waals surface area contributed by atoms with Gasteiger partial charge >= 0.3 is 0 Å². The average Bonchev–Trinajstić information content (AvgIpc) is 3.42. The van der Waals surface area contributed by atoms with Gasteiger partial charge in [0.25, 0.3) is 0 Å². The summed E-state index contributed by atoms with van der Waals surface area (Å²) in [7, 11) is 0. The Balaban J connectivity index is 0.000000159. The highest BCUT2D eigenvalue weighted by Gasteiger charge is 2.32. The van der Waals surface area contributed by atoms with Gasteiger partial charge in [-0.15, -0.1) is 0 Å². The van der Waals surface area contributed by atoms with Crippen molar-refractivity contribution in [2.45, 2.75) is 90.1 Å². The molecule has 384 valence electrons. The fraction of sp³-hybridized carbons (Fsp3) is 0.483. The first kappa shape index (κ1) is 49.7. The van der Waals surface area contributed by atoms with Gasteiger partial charge in [-0.25, -0.2) is 9.97 Å². The number of anilines is 4. The van der Waals surface area contributed by atoms with Gasteiger partial charge in [-0.2, -0.15) is 10.5 Å². The van der Waals surface area contributed by atoms with E-state index in [2.05, 4.69) is 139 Å². The molecule has 0 unspecified atom stereocenters. The summed E-state index contributed by atoms with van der Waals surface area (Å²) in [6.07, 6.45) is 10.3. The Bertz CT molecular complexity index is 2830. The third kappa shape index (κ3) is 11.0. The number of hydrogen-bond donors (Lipinski definition) is 2. The summed E-state index contributed by atoms with van der Waals surface area (Å²) < 4.78 is 12.8. The van der Waals surface area contributed by atoms with Gasteiger partial charge in [0.1, 0.15) is 23.8 Å². The molecule has 6 aliphatic heterocycles. The maximum atomic E-state index is 9.52. The van der Waals surface area contributed by atoms with Gasteiger partial charge in [-0.3, -0.25) is 19.8 Å². The molecule has 6 aromatic rings. The van der Waals surface area contributed by atoms with Crippen LogP contribution in [0.3, 0.4) is 0 Å². The highest BCUT2D eigenvalue weighted by atomic mass is 16.5. The number of fused-ring (bicyclic) bond motifs is 4. The SMILES string of the molecule is C[C@@H]1CN(c2ccc(C#N)c3ncccc23)C[C@H](CN2CCN(c3cc4c(cn3)C[C@H](C)NC4)CC2)O1.C[C@@H]1Cc2cnc(N3CCN(C[C@H]4CN(c5ccc(C#N)c6ncccc56)C[C@@H](C)O4)CC3)cc2CN1. The van der Waals surface area contributed by atoms with E-state index < -0.39 is 0 Å². The summed E-state index contributed by atoms with van der Waals surface area (Å²) in [4.78, 5) is 33.3. The highest BCUT2D eigenvalue weighted by Crippen LogP contribution is 2.33. The summed E-state index contributed by atoms with van der Waals surface area (Å²) >= 11 is 0. The lowest BCUT2D eigenvalue weighted by molar-refractivity contribution is -0.0329. The molecule has 0 aliphatic carbocycles. The second kappa shape index (κ2) is 22.1. The van der Waals surface area contributed by atoms with E-state index in [1.807, 2.05) is 24.3 Å². The van der Waals surface area contributed by atoms with E-state index >= 15 is 0 Å². The molecule has 10 heterocycles. The molecule has 4 fully saturated rings. The van der Waals surface area contributed by atoms with E-state index in [4.69, 9.17) is 19.4 Å². The van der Waals surface area contributed by atoms with E-state index in [9.17, 15) is 10.5 Å². The normalized spacial score (nSPS) is 24.6.